The van der Waals surface area contributed by atoms with Crippen LogP contribution in [0.5, 0.6) is 0 Å². The SMILES string of the molecule is C[C@H]1C[C@@H](C(C)(C)C)CCO1. The van der Waals surface area contributed by atoms with Gasteiger partial charge in [0, 0.05) is 6.61 Å². The van der Waals surface area contributed by atoms with Gasteiger partial charge in [-0.25, -0.2) is 0 Å². The maximum Gasteiger partial charge on any atom is 0.0549 e. The van der Waals surface area contributed by atoms with Gasteiger partial charge in [0.15, 0.2) is 0 Å². The first kappa shape index (κ1) is 9.05. The Morgan fingerprint density at radius 1 is 1.27 bits per heavy atom. The summed E-state index contributed by atoms with van der Waals surface area (Å²) in [5.74, 6) is 0.853. The zero-order chi connectivity index (χ0) is 8.48. The molecule has 0 N–H and O–H groups in total. The molecule has 0 spiro atoms. The molecule has 0 radical (unpaired) electrons. The fourth-order valence-electron chi connectivity index (χ4n) is 1.78. The third-order valence-electron chi connectivity index (χ3n) is 2.71. The molecule has 0 aromatic rings. The average molecular weight is 156 g/mol. The van der Waals surface area contributed by atoms with E-state index >= 15 is 0 Å². The minimum atomic E-state index is 0.470. The van der Waals surface area contributed by atoms with Crippen LogP contribution in [0.15, 0.2) is 0 Å². The van der Waals surface area contributed by atoms with E-state index in [0.29, 0.717) is 11.5 Å². The zero-order valence-electron chi connectivity index (χ0n) is 8.18. The molecular weight excluding hydrogens is 136 g/mol. The van der Waals surface area contributed by atoms with Crippen molar-refractivity contribution < 1.29 is 4.74 Å². The fraction of sp³-hybridized carbons (Fsp3) is 1.00. The van der Waals surface area contributed by atoms with E-state index in [9.17, 15) is 0 Å². The van der Waals surface area contributed by atoms with Crippen LogP contribution in [0.3, 0.4) is 0 Å². The van der Waals surface area contributed by atoms with E-state index in [1.165, 1.54) is 12.8 Å². The summed E-state index contributed by atoms with van der Waals surface area (Å²) in [7, 11) is 0. The minimum absolute atomic E-state index is 0.470. The number of ether oxygens (including phenoxy) is 1. The van der Waals surface area contributed by atoms with Crippen molar-refractivity contribution in [2.24, 2.45) is 11.3 Å². The summed E-state index contributed by atoms with van der Waals surface area (Å²) in [5.41, 5.74) is 0.470. The Morgan fingerprint density at radius 2 is 1.91 bits per heavy atom. The third-order valence-corrected chi connectivity index (χ3v) is 2.71. The normalized spacial score (nSPS) is 33.8. The Bertz CT molecular complexity index is 123. The molecule has 0 saturated carbocycles. The molecule has 66 valence electrons. The topological polar surface area (TPSA) is 9.23 Å². The Labute approximate surface area is 70.1 Å². The van der Waals surface area contributed by atoms with Gasteiger partial charge in [0.25, 0.3) is 0 Å². The van der Waals surface area contributed by atoms with Gasteiger partial charge in [-0.15, -0.1) is 0 Å². The Morgan fingerprint density at radius 3 is 2.27 bits per heavy atom. The molecule has 0 unspecified atom stereocenters. The molecule has 1 fully saturated rings. The number of hydrogen-bond acceptors (Lipinski definition) is 1. The average Bonchev–Trinajstić information content (AvgIpc) is 1.86. The van der Waals surface area contributed by atoms with Crippen molar-refractivity contribution in [1.82, 2.24) is 0 Å². The maximum absolute atomic E-state index is 5.50. The molecule has 2 atom stereocenters. The zero-order valence-corrected chi connectivity index (χ0v) is 8.18. The van der Waals surface area contributed by atoms with Crippen molar-refractivity contribution in [3.05, 3.63) is 0 Å². The van der Waals surface area contributed by atoms with E-state index in [1.54, 1.807) is 0 Å². The molecule has 1 heteroatoms. The Kier molecular flexibility index (Phi) is 2.58. The highest BCUT2D eigenvalue weighted by Crippen LogP contribution is 2.35. The number of rotatable bonds is 0. The van der Waals surface area contributed by atoms with Crippen LogP contribution in [-0.2, 0) is 4.74 Å². The summed E-state index contributed by atoms with van der Waals surface area (Å²) in [6.45, 7) is 10.1. The highest BCUT2D eigenvalue weighted by Gasteiger charge is 2.29. The molecule has 11 heavy (non-hydrogen) atoms. The van der Waals surface area contributed by atoms with Gasteiger partial charge in [-0.1, -0.05) is 20.8 Å². The third kappa shape index (κ3) is 2.48. The molecule has 0 amide bonds. The van der Waals surface area contributed by atoms with Crippen molar-refractivity contribution in [2.45, 2.75) is 46.6 Å². The van der Waals surface area contributed by atoms with Crippen LogP contribution in [0.1, 0.15) is 40.5 Å². The van der Waals surface area contributed by atoms with Crippen molar-refractivity contribution in [2.75, 3.05) is 6.61 Å². The van der Waals surface area contributed by atoms with Gasteiger partial charge in [0.1, 0.15) is 0 Å². The van der Waals surface area contributed by atoms with Crippen LogP contribution in [-0.4, -0.2) is 12.7 Å². The fourth-order valence-corrected chi connectivity index (χ4v) is 1.78. The van der Waals surface area contributed by atoms with Gasteiger partial charge >= 0.3 is 0 Å². The van der Waals surface area contributed by atoms with E-state index in [2.05, 4.69) is 27.7 Å². The molecule has 1 heterocycles. The van der Waals surface area contributed by atoms with Crippen molar-refractivity contribution in [3.8, 4) is 0 Å². The molecule has 1 rings (SSSR count). The second-order valence-electron chi connectivity index (χ2n) is 4.77. The van der Waals surface area contributed by atoms with Gasteiger partial charge < -0.3 is 4.74 Å². The summed E-state index contributed by atoms with van der Waals surface area (Å²) >= 11 is 0. The van der Waals surface area contributed by atoms with Crippen LogP contribution < -0.4 is 0 Å². The lowest BCUT2D eigenvalue weighted by molar-refractivity contribution is -0.0248. The van der Waals surface area contributed by atoms with Crippen LogP contribution >= 0.6 is 0 Å². The first-order valence-electron chi connectivity index (χ1n) is 4.62. The second kappa shape index (κ2) is 3.14. The van der Waals surface area contributed by atoms with Crippen LogP contribution in [0, 0.1) is 11.3 Å². The van der Waals surface area contributed by atoms with Gasteiger partial charge in [0.2, 0.25) is 0 Å². The predicted octanol–water partition coefficient (Wildman–Crippen LogP) is 2.85. The van der Waals surface area contributed by atoms with E-state index in [-0.39, 0.29) is 0 Å². The summed E-state index contributed by atoms with van der Waals surface area (Å²) < 4.78 is 5.50. The van der Waals surface area contributed by atoms with E-state index in [1.807, 2.05) is 0 Å². The van der Waals surface area contributed by atoms with E-state index in [0.717, 1.165) is 12.5 Å². The molecule has 0 aliphatic carbocycles. The van der Waals surface area contributed by atoms with Gasteiger partial charge in [0.05, 0.1) is 6.10 Å². The molecule has 0 bridgehead atoms. The Hall–Kier alpha value is -0.0400. The standard InChI is InChI=1S/C10H20O/c1-8-7-9(5-6-11-8)10(2,3)4/h8-9H,5-7H2,1-4H3/t8-,9-/m0/s1. The summed E-state index contributed by atoms with van der Waals surface area (Å²) in [6.07, 6.45) is 2.96. The maximum atomic E-state index is 5.50. The smallest absolute Gasteiger partial charge is 0.0549 e. The highest BCUT2D eigenvalue weighted by molar-refractivity contribution is 4.78. The van der Waals surface area contributed by atoms with Gasteiger partial charge in [-0.05, 0) is 31.1 Å². The second-order valence-corrected chi connectivity index (χ2v) is 4.77. The molecule has 1 aliphatic rings. The van der Waals surface area contributed by atoms with E-state index in [4.69, 9.17) is 4.74 Å². The highest BCUT2D eigenvalue weighted by atomic mass is 16.5. The lowest BCUT2D eigenvalue weighted by Crippen LogP contribution is -2.31. The molecule has 0 aromatic heterocycles. The summed E-state index contributed by atoms with van der Waals surface area (Å²) in [4.78, 5) is 0. The molecule has 1 aliphatic heterocycles. The largest absolute Gasteiger partial charge is 0.378 e. The Balaban J connectivity index is 2.46. The minimum Gasteiger partial charge on any atom is -0.378 e. The van der Waals surface area contributed by atoms with Gasteiger partial charge in [-0.3, -0.25) is 0 Å². The first-order valence-corrected chi connectivity index (χ1v) is 4.62. The summed E-state index contributed by atoms with van der Waals surface area (Å²) in [5, 5.41) is 0. The predicted molar refractivity (Wildman–Crippen MR) is 47.6 cm³/mol. The first-order chi connectivity index (χ1) is 5.00. The van der Waals surface area contributed by atoms with Gasteiger partial charge in [-0.2, -0.15) is 0 Å². The lowest BCUT2D eigenvalue weighted by Gasteiger charge is -2.36. The van der Waals surface area contributed by atoms with Crippen LogP contribution in [0.2, 0.25) is 0 Å². The lowest BCUT2D eigenvalue weighted by atomic mass is 9.75. The van der Waals surface area contributed by atoms with Crippen LogP contribution in [0.25, 0.3) is 0 Å². The van der Waals surface area contributed by atoms with Crippen molar-refractivity contribution in [3.63, 3.8) is 0 Å². The number of hydrogen-bond donors (Lipinski definition) is 0. The van der Waals surface area contributed by atoms with Crippen LogP contribution in [0.4, 0.5) is 0 Å². The monoisotopic (exact) mass is 156 g/mol. The van der Waals surface area contributed by atoms with Crippen molar-refractivity contribution in [1.29, 1.82) is 0 Å². The molecule has 0 aromatic carbocycles. The molecule has 1 nitrogen and oxygen atoms in total. The molecular formula is C10H20O. The summed E-state index contributed by atoms with van der Waals surface area (Å²) in [6, 6.07) is 0. The van der Waals surface area contributed by atoms with E-state index < -0.39 is 0 Å². The quantitative estimate of drug-likeness (QED) is 0.524. The van der Waals surface area contributed by atoms with Crippen molar-refractivity contribution >= 4 is 0 Å². The molecule has 1 saturated heterocycles.